The molecule has 1 atom stereocenters. The maximum absolute atomic E-state index is 7.70. The minimum Gasteiger partial charge on any atom is -0.309 e. The number of aromatic nitrogens is 1. The molecule has 0 aliphatic carbocycles. The van der Waals surface area contributed by atoms with E-state index in [1.165, 1.54) is 0 Å². The molecule has 2 heteroatoms. The van der Waals surface area contributed by atoms with Crippen molar-refractivity contribution in [2.45, 2.75) is 18.9 Å². The normalized spacial score (nSPS) is 28.9. The lowest BCUT2D eigenvalue weighted by atomic mass is 10.1. The molecule has 2 rings (SSSR count). The predicted molar refractivity (Wildman–Crippen MR) is 44.2 cm³/mol. The lowest BCUT2D eigenvalue weighted by Crippen LogP contribution is -2.13. The van der Waals surface area contributed by atoms with Crippen LogP contribution in [0.1, 0.15) is 30.1 Å². The van der Waals surface area contributed by atoms with Crippen LogP contribution >= 0.6 is 0 Å². The van der Waals surface area contributed by atoms with Crippen molar-refractivity contribution < 1.29 is 5.48 Å². The molecule has 1 N–H and O–H groups in total. The molecule has 1 unspecified atom stereocenters. The Bertz CT molecular complexity index is 388. The second-order valence-electron chi connectivity index (χ2n) is 2.63. The van der Waals surface area contributed by atoms with E-state index in [9.17, 15) is 0 Å². The van der Waals surface area contributed by atoms with Gasteiger partial charge >= 0.3 is 0 Å². The van der Waals surface area contributed by atoms with E-state index in [-0.39, 0.29) is 30.3 Å². The van der Waals surface area contributed by atoms with Crippen LogP contribution in [-0.2, 0) is 0 Å². The first-order valence-corrected chi connectivity index (χ1v) is 3.79. The number of nitrogens with zero attached hydrogens (tertiary/aromatic N) is 1. The summed E-state index contributed by atoms with van der Waals surface area (Å²) in [7, 11) is 0. The molecular weight excluding hydrogens is 136 g/mol. The highest BCUT2D eigenvalue weighted by Gasteiger charge is 2.15. The van der Waals surface area contributed by atoms with Gasteiger partial charge in [0.2, 0.25) is 0 Å². The van der Waals surface area contributed by atoms with Gasteiger partial charge < -0.3 is 5.32 Å². The predicted octanol–water partition coefficient (Wildman–Crippen LogP) is 1.51. The van der Waals surface area contributed by atoms with Crippen molar-refractivity contribution in [3.63, 3.8) is 0 Å². The van der Waals surface area contributed by atoms with Crippen LogP contribution in [0.25, 0.3) is 0 Å². The Labute approximate surface area is 72.3 Å². The number of hydrogen-bond acceptors (Lipinski definition) is 2. The molecule has 1 aliphatic rings. The van der Waals surface area contributed by atoms with Gasteiger partial charge in [0.25, 0.3) is 0 Å². The van der Waals surface area contributed by atoms with E-state index in [1.54, 1.807) is 0 Å². The van der Waals surface area contributed by atoms with Gasteiger partial charge in [0.15, 0.2) is 0 Å². The van der Waals surface area contributed by atoms with Gasteiger partial charge in [-0.3, -0.25) is 4.98 Å². The second-order valence-corrected chi connectivity index (χ2v) is 2.63. The Hall–Kier alpha value is -0.890. The summed E-state index contributed by atoms with van der Waals surface area (Å²) in [5.74, 6) is 0. The Morgan fingerprint density at radius 2 is 2.64 bits per heavy atom. The van der Waals surface area contributed by atoms with Gasteiger partial charge in [-0.25, -0.2) is 0 Å². The van der Waals surface area contributed by atoms with Crippen molar-refractivity contribution in [1.82, 2.24) is 10.3 Å². The number of pyridine rings is 1. The van der Waals surface area contributed by atoms with E-state index in [2.05, 4.69) is 10.3 Å². The number of nitrogens with one attached hydrogen (secondary N) is 1. The van der Waals surface area contributed by atoms with Crippen molar-refractivity contribution in [2.24, 2.45) is 0 Å². The van der Waals surface area contributed by atoms with Gasteiger partial charge in [-0.15, -0.1) is 0 Å². The first kappa shape index (κ1) is 3.68. The van der Waals surface area contributed by atoms with Crippen molar-refractivity contribution in [3.05, 3.63) is 30.0 Å². The summed E-state index contributed by atoms with van der Waals surface area (Å²) in [5.41, 5.74) is 0.443. The van der Waals surface area contributed by atoms with Crippen LogP contribution in [-0.4, -0.2) is 11.5 Å². The van der Waals surface area contributed by atoms with Gasteiger partial charge in [0.1, 0.15) is 0 Å². The SMILES string of the molecule is [2H]c1nc(C2CCCN2)c([2H])c([2H])c1[2H]. The zero-order valence-electron chi connectivity index (χ0n) is 10.1. The Morgan fingerprint density at radius 1 is 1.64 bits per heavy atom. The highest BCUT2D eigenvalue weighted by molar-refractivity contribution is 5.09. The third kappa shape index (κ3) is 1.40. The van der Waals surface area contributed by atoms with E-state index in [4.69, 9.17) is 5.48 Å². The molecule has 11 heavy (non-hydrogen) atoms. The average Bonchev–Trinajstić information content (AvgIpc) is 2.73. The largest absolute Gasteiger partial charge is 0.309 e. The minimum absolute atomic E-state index is 0.0181. The number of hydrogen-bond donors (Lipinski definition) is 1. The van der Waals surface area contributed by atoms with Crippen LogP contribution in [0.3, 0.4) is 0 Å². The van der Waals surface area contributed by atoms with Crippen molar-refractivity contribution in [3.8, 4) is 0 Å². The van der Waals surface area contributed by atoms with Crippen LogP contribution in [0, 0.1) is 0 Å². The van der Waals surface area contributed by atoms with Gasteiger partial charge in [-0.1, -0.05) is 6.04 Å². The molecule has 0 amide bonds. The highest BCUT2D eigenvalue weighted by Crippen LogP contribution is 2.19. The summed E-state index contributed by atoms with van der Waals surface area (Å²) >= 11 is 0. The van der Waals surface area contributed by atoms with E-state index in [0.29, 0.717) is 5.69 Å². The summed E-state index contributed by atoms with van der Waals surface area (Å²) in [5, 5.41) is 3.18. The fourth-order valence-electron chi connectivity index (χ4n) is 1.32. The summed E-state index contributed by atoms with van der Waals surface area (Å²) in [4.78, 5) is 3.92. The molecule has 58 valence electrons. The topological polar surface area (TPSA) is 24.9 Å². The molecule has 1 aliphatic heterocycles. The molecule has 1 fully saturated rings. The maximum Gasteiger partial charge on any atom is 0.0840 e. The molecule has 0 saturated carbocycles. The molecule has 2 heterocycles. The summed E-state index contributed by atoms with van der Waals surface area (Å²) in [6, 6.07) is -0.498. The van der Waals surface area contributed by atoms with Gasteiger partial charge in [-0.2, -0.15) is 0 Å². The van der Waals surface area contributed by atoms with E-state index in [0.717, 1.165) is 19.4 Å². The lowest BCUT2D eigenvalue weighted by Gasteiger charge is -2.07. The molecule has 0 spiro atoms. The molecule has 2 nitrogen and oxygen atoms in total. The fourth-order valence-corrected chi connectivity index (χ4v) is 1.32. The second kappa shape index (κ2) is 3.01. The Kier molecular flexibility index (Phi) is 1.01. The van der Waals surface area contributed by atoms with Crippen LogP contribution < -0.4 is 5.32 Å². The quantitative estimate of drug-likeness (QED) is 0.659. The molecule has 1 aromatic rings. The van der Waals surface area contributed by atoms with Crippen LogP contribution in [0.5, 0.6) is 0 Å². The first-order chi connectivity index (χ1) is 7.11. The summed E-state index contributed by atoms with van der Waals surface area (Å²) < 4.78 is 30.0. The van der Waals surface area contributed by atoms with Crippen molar-refractivity contribution in [1.29, 1.82) is 0 Å². The highest BCUT2D eigenvalue weighted by atomic mass is 15.0. The van der Waals surface area contributed by atoms with Crippen LogP contribution in [0.15, 0.2) is 24.3 Å². The zero-order chi connectivity index (χ0) is 11.0. The summed E-state index contributed by atoms with van der Waals surface area (Å²) in [6.45, 7) is 0.884. The molecule has 1 saturated heterocycles. The maximum atomic E-state index is 7.70. The minimum atomic E-state index is -0.262. The molecule has 1 aromatic heterocycles. The Morgan fingerprint density at radius 3 is 3.45 bits per heavy atom. The van der Waals surface area contributed by atoms with Crippen molar-refractivity contribution in [2.75, 3.05) is 6.54 Å². The van der Waals surface area contributed by atoms with E-state index >= 15 is 0 Å². The molecular formula is C9H12N2. The fraction of sp³-hybridized carbons (Fsp3) is 0.444. The van der Waals surface area contributed by atoms with Crippen LogP contribution in [0.2, 0.25) is 0 Å². The monoisotopic (exact) mass is 152 g/mol. The standard InChI is InChI=1S/C9H12N2/c1-2-6-10-8(4-1)9-5-3-7-11-9/h1-2,4,6,9,11H,3,5,7H2/i1D,2D,4D,6D. The third-order valence-electron chi connectivity index (χ3n) is 1.88. The van der Waals surface area contributed by atoms with Crippen molar-refractivity contribution >= 4 is 0 Å². The molecule has 0 radical (unpaired) electrons. The lowest BCUT2D eigenvalue weighted by molar-refractivity contribution is 0.628. The number of rotatable bonds is 1. The van der Waals surface area contributed by atoms with Crippen LogP contribution in [0.4, 0.5) is 0 Å². The molecule has 0 bridgehead atoms. The van der Waals surface area contributed by atoms with Gasteiger partial charge in [-0.05, 0) is 31.5 Å². The average molecular weight is 152 g/mol. The molecule has 0 aromatic carbocycles. The Balaban J connectivity index is 2.47. The first-order valence-electron chi connectivity index (χ1n) is 5.79. The third-order valence-corrected chi connectivity index (χ3v) is 1.88. The summed E-state index contributed by atoms with van der Waals surface area (Å²) in [6.07, 6.45) is 1.70. The van der Waals surface area contributed by atoms with Gasteiger partial charge in [0.05, 0.1) is 11.2 Å². The van der Waals surface area contributed by atoms with Gasteiger partial charge in [0, 0.05) is 12.2 Å². The smallest absolute Gasteiger partial charge is 0.0840 e. The zero-order valence-corrected chi connectivity index (χ0v) is 6.15. The van der Waals surface area contributed by atoms with E-state index < -0.39 is 0 Å². The van der Waals surface area contributed by atoms with E-state index in [1.807, 2.05) is 0 Å².